The van der Waals surface area contributed by atoms with Crippen molar-refractivity contribution in [2.45, 2.75) is 12.5 Å². The molecule has 5 rings (SSSR count). The van der Waals surface area contributed by atoms with E-state index >= 15 is 0 Å². The first-order chi connectivity index (χ1) is 15.5. The molecule has 3 N–H and O–H groups in total. The highest BCUT2D eigenvalue weighted by Gasteiger charge is 2.19. The van der Waals surface area contributed by atoms with Crippen LogP contribution in [0, 0.1) is 0 Å². The van der Waals surface area contributed by atoms with Crippen molar-refractivity contribution in [3.8, 4) is 5.69 Å². The summed E-state index contributed by atoms with van der Waals surface area (Å²) in [6.45, 7) is 1.85. The standard InChI is InChI=1S/C23H20Cl2N6O/c24-18-2-1-3-19(25)22(18)31-13-28-20-10-21(27-11-17(20)23(31)32)29-15-4-6-16(7-5-15)30-9-8-14(26)12-30/h1-7,10-11,13-14H,8-9,12,26H2,(H,27,29)/t14-/m0/s1. The summed E-state index contributed by atoms with van der Waals surface area (Å²) in [7, 11) is 0. The van der Waals surface area contributed by atoms with Crippen molar-refractivity contribution >= 4 is 51.3 Å². The van der Waals surface area contributed by atoms with Crippen LogP contribution >= 0.6 is 23.2 Å². The van der Waals surface area contributed by atoms with E-state index in [1.165, 1.54) is 17.1 Å². The van der Waals surface area contributed by atoms with Crippen molar-refractivity contribution in [3.05, 3.63) is 81.5 Å². The van der Waals surface area contributed by atoms with E-state index in [2.05, 4.69) is 32.3 Å². The van der Waals surface area contributed by atoms with E-state index in [9.17, 15) is 4.79 Å². The summed E-state index contributed by atoms with van der Waals surface area (Å²) in [4.78, 5) is 24.1. The average molecular weight is 467 g/mol. The Morgan fingerprint density at radius 3 is 2.50 bits per heavy atom. The molecule has 0 saturated carbocycles. The third kappa shape index (κ3) is 3.90. The monoisotopic (exact) mass is 466 g/mol. The predicted octanol–water partition coefficient (Wildman–Crippen LogP) is 4.37. The van der Waals surface area contributed by atoms with Crippen molar-refractivity contribution in [1.29, 1.82) is 0 Å². The fourth-order valence-corrected chi connectivity index (χ4v) is 4.47. The van der Waals surface area contributed by atoms with Gasteiger partial charge in [0.05, 0.1) is 26.6 Å². The minimum Gasteiger partial charge on any atom is -0.370 e. The maximum atomic E-state index is 13.0. The fourth-order valence-electron chi connectivity index (χ4n) is 3.89. The number of benzene rings is 2. The van der Waals surface area contributed by atoms with Crippen molar-refractivity contribution < 1.29 is 0 Å². The Kier molecular flexibility index (Phi) is 5.46. The number of nitrogens with zero attached hydrogens (tertiary/aromatic N) is 4. The number of rotatable bonds is 4. The summed E-state index contributed by atoms with van der Waals surface area (Å²) in [6, 6.07) is 15.2. The van der Waals surface area contributed by atoms with Gasteiger partial charge in [0.1, 0.15) is 12.1 Å². The normalized spacial score (nSPS) is 16.0. The Morgan fingerprint density at radius 1 is 1.06 bits per heavy atom. The Bertz CT molecular complexity index is 1330. The molecule has 0 amide bonds. The predicted molar refractivity (Wildman–Crippen MR) is 130 cm³/mol. The molecule has 3 heterocycles. The summed E-state index contributed by atoms with van der Waals surface area (Å²) >= 11 is 12.5. The Balaban J connectivity index is 1.41. The first-order valence-corrected chi connectivity index (χ1v) is 10.9. The highest BCUT2D eigenvalue weighted by atomic mass is 35.5. The molecule has 162 valence electrons. The molecule has 0 radical (unpaired) electrons. The molecule has 7 nitrogen and oxygen atoms in total. The van der Waals surface area contributed by atoms with Crippen LogP contribution in [-0.2, 0) is 0 Å². The molecule has 1 aliphatic rings. The topological polar surface area (TPSA) is 89.1 Å². The lowest BCUT2D eigenvalue weighted by molar-refractivity contribution is 0.752. The van der Waals surface area contributed by atoms with E-state index in [4.69, 9.17) is 28.9 Å². The van der Waals surface area contributed by atoms with Gasteiger partial charge in [-0.05, 0) is 42.8 Å². The summed E-state index contributed by atoms with van der Waals surface area (Å²) in [5.41, 5.74) is 8.67. The van der Waals surface area contributed by atoms with Gasteiger partial charge in [-0.2, -0.15) is 0 Å². The van der Waals surface area contributed by atoms with Gasteiger partial charge in [-0.1, -0.05) is 29.3 Å². The van der Waals surface area contributed by atoms with E-state index in [0.29, 0.717) is 32.5 Å². The van der Waals surface area contributed by atoms with Crippen LogP contribution in [0.5, 0.6) is 0 Å². The molecule has 9 heteroatoms. The number of fused-ring (bicyclic) bond motifs is 1. The largest absolute Gasteiger partial charge is 0.370 e. The lowest BCUT2D eigenvalue weighted by Gasteiger charge is -2.18. The van der Waals surface area contributed by atoms with Crippen molar-refractivity contribution in [3.63, 3.8) is 0 Å². The molecule has 0 aliphatic carbocycles. The summed E-state index contributed by atoms with van der Waals surface area (Å²) in [5.74, 6) is 0.592. The molecule has 2 aromatic heterocycles. The zero-order valence-electron chi connectivity index (χ0n) is 17.0. The summed E-state index contributed by atoms with van der Waals surface area (Å²) < 4.78 is 1.34. The molecule has 0 spiro atoms. The van der Waals surface area contributed by atoms with Gasteiger partial charge in [-0.15, -0.1) is 0 Å². The summed E-state index contributed by atoms with van der Waals surface area (Å²) in [5, 5.41) is 4.37. The minimum atomic E-state index is -0.294. The molecular weight excluding hydrogens is 447 g/mol. The zero-order valence-corrected chi connectivity index (χ0v) is 18.5. The number of halogens is 2. The number of nitrogens with two attached hydrogens (primary N) is 1. The second-order valence-corrected chi connectivity index (χ2v) is 8.56. The Labute approximate surface area is 194 Å². The highest BCUT2D eigenvalue weighted by Crippen LogP contribution is 2.28. The maximum Gasteiger partial charge on any atom is 0.267 e. The number of aromatic nitrogens is 3. The van der Waals surface area contributed by atoms with Gasteiger partial charge in [0.2, 0.25) is 0 Å². The molecule has 32 heavy (non-hydrogen) atoms. The molecule has 0 bridgehead atoms. The number of hydrogen-bond donors (Lipinski definition) is 2. The third-order valence-corrected chi connectivity index (χ3v) is 6.16. The van der Waals surface area contributed by atoms with E-state index in [1.807, 2.05) is 12.1 Å². The van der Waals surface area contributed by atoms with Gasteiger partial charge in [-0.3, -0.25) is 9.36 Å². The molecule has 1 saturated heterocycles. The molecule has 1 fully saturated rings. The number of nitrogens with one attached hydrogen (secondary N) is 1. The van der Waals surface area contributed by atoms with E-state index in [-0.39, 0.29) is 11.6 Å². The third-order valence-electron chi connectivity index (χ3n) is 5.55. The Morgan fingerprint density at radius 2 is 1.81 bits per heavy atom. The quantitative estimate of drug-likeness (QED) is 0.464. The second-order valence-electron chi connectivity index (χ2n) is 7.74. The molecule has 1 atom stereocenters. The van der Waals surface area contributed by atoms with Gasteiger partial charge in [0.25, 0.3) is 5.56 Å². The second kappa shape index (κ2) is 8.43. The van der Waals surface area contributed by atoms with Gasteiger partial charge < -0.3 is 16.0 Å². The summed E-state index contributed by atoms with van der Waals surface area (Å²) in [6.07, 6.45) is 3.95. The fraction of sp³-hybridized carbons (Fsp3) is 0.174. The number of pyridine rings is 1. The molecular formula is C23H20Cl2N6O. The van der Waals surface area contributed by atoms with Crippen molar-refractivity contribution in [2.75, 3.05) is 23.3 Å². The van der Waals surface area contributed by atoms with Crippen molar-refractivity contribution in [1.82, 2.24) is 14.5 Å². The van der Waals surface area contributed by atoms with E-state index in [1.54, 1.807) is 24.3 Å². The van der Waals surface area contributed by atoms with Crippen LogP contribution in [0.2, 0.25) is 10.0 Å². The maximum absolute atomic E-state index is 13.0. The van der Waals surface area contributed by atoms with Gasteiger partial charge in [-0.25, -0.2) is 9.97 Å². The molecule has 4 aromatic rings. The van der Waals surface area contributed by atoms with Crippen LogP contribution in [0.3, 0.4) is 0 Å². The number of anilines is 3. The van der Waals surface area contributed by atoms with Gasteiger partial charge >= 0.3 is 0 Å². The van der Waals surface area contributed by atoms with Crippen LogP contribution < -0.4 is 21.5 Å². The average Bonchev–Trinajstić information content (AvgIpc) is 3.22. The smallest absolute Gasteiger partial charge is 0.267 e. The van der Waals surface area contributed by atoms with Crippen LogP contribution in [0.15, 0.2) is 65.8 Å². The van der Waals surface area contributed by atoms with Crippen LogP contribution in [0.1, 0.15) is 6.42 Å². The first kappa shape index (κ1) is 20.8. The number of hydrogen-bond acceptors (Lipinski definition) is 6. The highest BCUT2D eigenvalue weighted by molar-refractivity contribution is 6.37. The molecule has 0 unspecified atom stereocenters. The first-order valence-electron chi connectivity index (χ1n) is 10.2. The van der Waals surface area contributed by atoms with Crippen LogP contribution in [0.4, 0.5) is 17.2 Å². The lowest BCUT2D eigenvalue weighted by atomic mass is 10.2. The van der Waals surface area contributed by atoms with E-state index < -0.39 is 0 Å². The van der Waals surface area contributed by atoms with E-state index in [0.717, 1.165) is 30.9 Å². The SMILES string of the molecule is N[C@H]1CCN(c2ccc(Nc3cc4ncn(-c5c(Cl)cccc5Cl)c(=O)c4cn3)cc2)C1. The minimum absolute atomic E-state index is 0.237. The molecule has 1 aliphatic heterocycles. The van der Waals surface area contributed by atoms with Crippen LogP contribution in [-0.4, -0.2) is 33.7 Å². The Hall–Kier alpha value is -3.13. The van der Waals surface area contributed by atoms with Crippen molar-refractivity contribution in [2.24, 2.45) is 5.73 Å². The van der Waals surface area contributed by atoms with Gasteiger partial charge in [0, 0.05) is 42.8 Å². The molecule has 2 aromatic carbocycles. The lowest BCUT2D eigenvalue weighted by Crippen LogP contribution is -2.26. The van der Waals surface area contributed by atoms with Crippen LogP contribution in [0.25, 0.3) is 16.6 Å². The zero-order chi connectivity index (χ0) is 22.2. The van der Waals surface area contributed by atoms with Gasteiger partial charge in [0.15, 0.2) is 0 Å². The number of para-hydroxylation sites is 1.